The fraction of sp³-hybridized carbons (Fsp3) is 0.316. The van der Waals surface area contributed by atoms with Gasteiger partial charge in [0.1, 0.15) is 5.75 Å². The first-order valence-electron chi connectivity index (χ1n) is 8.19. The maximum absolute atomic E-state index is 12.0. The first kappa shape index (κ1) is 15.0. The number of hydrogen-bond donors (Lipinski definition) is 0. The summed E-state index contributed by atoms with van der Waals surface area (Å²) in [6.45, 7) is 3.53. The highest BCUT2D eigenvalue weighted by Gasteiger charge is 2.36. The van der Waals surface area contributed by atoms with Crippen molar-refractivity contribution in [1.29, 1.82) is 0 Å². The smallest absolute Gasteiger partial charge is 0.340 e. The Morgan fingerprint density at radius 3 is 2.42 bits per heavy atom. The molecule has 0 aliphatic carbocycles. The zero-order valence-corrected chi connectivity index (χ0v) is 13.6. The molecule has 1 fully saturated rings. The second-order valence-corrected chi connectivity index (χ2v) is 6.07. The number of methoxy groups -OCH3 is 1. The van der Waals surface area contributed by atoms with Gasteiger partial charge in [-0.2, -0.15) is 0 Å². The van der Waals surface area contributed by atoms with Gasteiger partial charge in [0, 0.05) is 37.4 Å². The van der Waals surface area contributed by atoms with Gasteiger partial charge < -0.3 is 14.4 Å². The van der Waals surface area contributed by atoms with Crippen LogP contribution in [0.5, 0.6) is 5.75 Å². The van der Waals surface area contributed by atoms with E-state index < -0.39 is 0 Å². The van der Waals surface area contributed by atoms with Gasteiger partial charge in [0.05, 0.1) is 12.7 Å². The van der Waals surface area contributed by atoms with Gasteiger partial charge in [-0.15, -0.1) is 0 Å². The van der Waals surface area contributed by atoms with Gasteiger partial charge in [-0.05, 0) is 30.3 Å². The maximum Gasteiger partial charge on any atom is 0.340 e. The van der Waals surface area contributed by atoms with E-state index in [9.17, 15) is 4.79 Å². The van der Waals surface area contributed by atoms with Crippen molar-refractivity contribution in [3.63, 3.8) is 0 Å². The van der Waals surface area contributed by atoms with Gasteiger partial charge in [0.2, 0.25) is 0 Å². The van der Waals surface area contributed by atoms with E-state index in [0.717, 1.165) is 37.5 Å². The van der Waals surface area contributed by atoms with Crippen LogP contribution in [-0.4, -0.2) is 44.2 Å². The van der Waals surface area contributed by atoms with Crippen LogP contribution >= 0.6 is 0 Å². The summed E-state index contributed by atoms with van der Waals surface area (Å²) < 4.78 is 10.8. The van der Waals surface area contributed by atoms with E-state index in [-0.39, 0.29) is 12.2 Å². The van der Waals surface area contributed by atoms with E-state index >= 15 is 0 Å². The highest BCUT2D eigenvalue weighted by Crippen LogP contribution is 2.34. The second kappa shape index (κ2) is 6.17. The van der Waals surface area contributed by atoms with E-state index in [4.69, 9.17) is 9.47 Å². The van der Waals surface area contributed by atoms with Crippen molar-refractivity contribution in [3.8, 4) is 5.75 Å². The molecule has 124 valence electrons. The first-order chi connectivity index (χ1) is 11.8. The van der Waals surface area contributed by atoms with Crippen molar-refractivity contribution >= 4 is 11.7 Å². The number of nitrogens with zero attached hydrogens (tertiary/aromatic N) is 2. The van der Waals surface area contributed by atoms with Crippen LogP contribution in [-0.2, 0) is 4.74 Å². The molecule has 0 bridgehead atoms. The number of cyclic esters (lactones) is 1. The summed E-state index contributed by atoms with van der Waals surface area (Å²) in [5.41, 5.74) is 2.87. The van der Waals surface area contributed by atoms with Gasteiger partial charge in [0.15, 0.2) is 6.23 Å². The zero-order valence-electron chi connectivity index (χ0n) is 13.6. The number of hydrogen-bond acceptors (Lipinski definition) is 5. The molecule has 2 aliphatic heterocycles. The summed E-state index contributed by atoms with van der Waals surface area (Å²) in [6, 6.07) is 15.8. The fourth-order valence-corrected chi connectivity index (χ4v) is 3.41. The standard InChI is InChI=1S/C19H20N2O3/c1-23-15-8-6-14(7-9-15)20-10-12-21(13-11-20)18-16-4-2-3-5-17(16)19(22)24-18/h2-9,18H,10-13H2,1H3/t18-/m1/s1. The largest absolute Gasteiger partial charge is 0.497 e. The fourth-order valence-electron chi connectivity index (χ4n) is 3.41. The molecule has 24 heavy (non-hydrogen) atoms. The molecule has 5 nitrogen and oxygen atoms in total. The highest BCUT2D eigenvalue weighted by atomic mass is 16.6. The molecule has 2 heterocycles. The van der Waals surface area contributed by atoms with Crippen molar-refractivity contribution in [1.82, 2.24) is 4.90 Å². The molecule has 0 spiro atoms. The molecule has 0 amide bonds. The Balaban J connectivity index is 1.44. The number of fused-ring (bicyclic) bond motifs is 1. The lowest BCUT2D eigenvalue weighted by Crippen LogP contribution is -2.47. The molecule has 0 aromatic heterocycles. The van der Waals surface area contributed by atoms with E-state index in [1.807, 2.05) is 36.4 Å². The van der Waals surface area contributed by atoms with Crippen molar-refractivity contribution in [2.24, 2.45) is 0 Å². The molecule has 2 aromatic rings. The number of esters is 1. The number of piperazine rings is 1. The molecule has 0 unspecified atom stereocenters. The Labute approximate surface area is 141 Å². The van der Waals surface area contributed by atoms with Gasteiger partial charge in [-0.1, -0.05) is 18.2 Å². The molecular formula is C19H20N2O3. The summed E-state index contributed by atoms with van der Waals surface area (Å²) in [7, 11) is 1.68. The SMILES string of the molecule is COc1ccc(N2CCN([C@@H]3OC(=O)c4ccccc43)CC2)cc1. The molecule has 0 radical (unpaired) electrons. The zero-order chi connectivity index (χ0) is 16.5. The third kappa shape index (κ3) is 2.61. The number of benzene rings is 2. The second-order valence-electron chi connectivity index (χ2n) is 6.07. The normalized spacial score (nSPS) is 20.6. The van der Waals surface area contributed by atoms with Gasteiger partial charge in [0.25, 0.3) is 0 Å². The van der Waals surface area contributed by atoms with Crippen LogP contribution in [0.3, 0.4) is 0 Å². The molecule has 1 atom stereocenters. The van der Waals surface area contributed by atoms with Gasteiger partial charge in [-0.25, -0.2) is 4.79 Å². The average Bonchev–Trinajstić information content (AvgIpc) is 2.99. The minimum atomic E-state index is -0.244. The Morgan fingerprint density at radius 2 is 1.71 bits per heavy atom. The summed E-state index contributed by atoms with van der Waals surface area (Å²) in [5, 5.41) is 0. The van der Waals surface area contributed by atoms with E-state index in [0.29, 0.717) is 5.56 Å². The van der Waals surface area contributed by atoms with Crippen molar-refractivity contribution in [2.45, 2.75) is 6.23 Å². The lowest BCUT2D eigenvalue weighted by molar-refractivity contribution is -0.0250. The Kier molecular flexibility index (Phi) is 3.86. The molecule has 1 saturated heterocycles. The third-order valence-corrected chi connectivity index (χ3v) is 4.75. The van der Waals surface area contributed by atoms with Crippen LogP contribution < -0.4 is 9.64 Å². The van der Waals surface area contributed by atoms with Crippen LogP contribution in [0.2, 0.25) is 0 Å². The van der Waals surface area contributed by atoms with Crippen LogP contribution in [0.1, 0.15) is 22.1 Å². The number of ether oxygens (including phenoxy) is 2. The minimum Gasteiger partial charge on any atom is -0.497 e. The van der Waals surface area contributed by atoms with Crippen LogP contribution in [0.4, 0.5) is 5.69 Å². The molecular weight excluding hydrogens is 304 g/mol. The number of rotatable bonds is 3. The third-order valence-electron chi connectivity index (χ3n) is 4.75. The minimum absolute atomic E-state index is 0.215. The van der Waals surface area contributed by atoms with Crippen molar-refractivity contribution < 1.29 is 14.3 Å². The summed E-state index contributed by atoms with van der Waals surface area (Å²) in [4.78, 5) is 16.6. The predicted octanol–water partition coefficient (Wildman–Crippen LogP) is 2.69. The first-order valence-corrected chi connectivity index (χ1v) is 8.19. The summed E-state index contributed by atoms with van der Waals surface area (Å²) in [6.07, 6.45) is -0.244. The molecule has 5 heteroatoms. The van der Waals surface area contributed by atoms with E-state index in [1.165, 1.54) is 5.69 Å². The molecule has 2 aliphatic rings. The van der Waals surface area contributed by atoms with Crippen LogP contribution in [0.25, 0.3) is 0 Å². The van der Waals surface area contributed by atoms with E-state index in [1.54, 1.807) is 7.11 Å². The molecule has 0 N–H and O–H groups in total. The van der Waals surface area contributed by atoms with Crippen molar-refractivity contribution in [2.75, 3.05) is 38.2 Å². The van der Waals surface area contributed by atoms with Crippen molar-refractivity contribution in [3.05, 3.63) is 59.7 Å². The molecule has 4 rings (SSSR count). The number of anilines is 1. The summed E-state index contributed by atoms with van der Waals surface area (Å²) >= 11 is 0. The lowest BCUT2D eigenvalue weighted by Gasteiger charge is -2.38. The Hall–Kier alpha value is -2.53. The van der Waals surface area contributed by atoms with E-state index in [2.05, 4.69) is 21.9 Å². The lowest BCUT2D eigenvalue weighted by atomic mass is 10.1. The monoisotopic (exact) mass is 324 g/mol. The quantitative estimate of drug-likeness (QED) is 0.812. The highest BCUT2D eigenvalue weighted by molar-refractivity contribution is 5.93. The van der Waals surface area contributed by atoms with Crippen LogP contribution in [0, 0.1) is 0 Å². The van der Waals surface area contributed by atoms with Crippen LogP contribution in [0.15, 0.2) is 48.5 Å². The summed E-state index contributed by atoms with van der Waals surface area (Å²) in [5.74, 6) is 0.653. The number of carbonyl (C=O) groups excluding carboxylic acids is 1. The number of carbonyl (C=O) groups is 1. The topological polar surface area (TPSA) is 42.0 Å². The molecule has 2 aromatic carbocycles. The Bertz CT molecular complexity index is 737. The Morgan fingerprint density at radius 1 is 1.00 bits per heavy atom. The van der Waals surface area contributed by atoms with Gasteiger partial charge in [-0.3, -0.25) is 4.90 Å². The molecule has 0 saturated carbocycles. The average molecular weight is 324 g/mol. The van der Waals surface area contributed by atoms with Gasteiger partial charge >= 0.3 is 5.97 Å². The predicted molar refractivity (Wildman–Crippen MR) is 91.4 cm³/mol. The maximum atomic E-state index is 12.0.